The van der Waals surface area contributed by atoms with Gasteiger partial charge in [-0.3, -0.25) is 4.79 Å². The van der Waals surface area contributed by atoms with Crippen LogP contribution in [0.1, 0.15) is 16.8 Å². The zero-order valence-corrected chi connectivity index (χ0v) is 18.9. The molecule has 1 heterocycles. The van der Waals surface area contributed by atoms with Crippen LogP contribution in [0.15, 0.2) is 41.3 Å². The maximum atomic E-state index is 12.7. The van der Waals surface area contributed by atoms with Crippen molar-refractivity contribution in [1.29, 1.82) is 0 Å². The molecule has 1 atom stereocenters. The van der Waals surface area contributed by atoms with Crippen LogP contribution in [0.5, 0.6) is 5.75 Å². The van der Waals surface area contributed by atoms with Crippen molar-refractivity contribution in [1.82, 2.24) is 0 Å². The number of anilines is 1. The van der Waals surface area contributed by atoms with Crippen LogP contribution in [0.25, 0.3) is 0 Å². The number of methoxy groups -OCH3 is 1. The van der Waals surface area contributed by atoms with Gasteiger partial charge in [0.05, 0.1) is 29.9 Å². The molecular weight excluding hydrogens is 457 g/mol. The van der Waals surface area contributed by atoms with Crippen LogP contribution < -0.4 is 10.1 Å². The number of carbonyl (C=O) groups excluding carboxylic acids is 1. The van der Waals surface area contributed by atoms with E-state index in [9.17, 15) is 13.2 Å². The number of benzene rings is 2. The predicted octanol–water partition coefficient (Wildman–Crippen LogP) is 4.18. The first-order valence-corrected chi connectivity index (χ1v) is 11.0. The van der Waals surface area contributed by atoms with Gasteiger partial charge in [0.1, 0.15) is 5.75 Å². The van der Waals surface area contributed by atoms with E-state index < -0.39 is 15.7 Å². The fourth-order valence-corrected chi connectivity index (χ4v) is 5.18. The average Bonchev–Trinajstić information content (AvgIpc) is 3.12. The van der Waals surface area contributed by atoms with Crippen LogP contribution in [0.4, 0.5) is 5.69 Å². The minimum absolute atomic E-state index is 0. The number of rotatable bonds is 6. The van der Waals surface area contributed by atoms with Crippen molar-refractivity contribution in [3.05, 3.63) is 52.0 Å². The van der Waals surface area contributed by atoms with E-state index in [0.717, 1.165) is 0 Å². The molecular formula is C19H21Cl2NO5S2. The third-order valence-corrected chi connectivity index (χ3v) is 6.69. The quantitative estimate of drug-likeness (QED) is 0.674. The van der Waals surface area contributed by atoms with Crippen LogP contribution in [0, 0.1) is 5.92 Å². The maximum absolute atomic E-state index is 12.7. The number of sulfone groups is 1. The topological polar surface area (TPSA) is 81.7 Å². The van der Waals surface area contributed by atoms with E-state index in [1.807, 2.05) is 0 Å². The van der Waals surface area contributed by atoms with Crippen molar-refractivity contribution >= 4 is 58.1 Å². The molecule has 6 nitrogen and oxygen atoms in total. The summed E-state index contributed by atoms with van der Waals surface area (Å²) in [6.45, 7) is 0.997. The van der Waals surface area contributed by atoms with Crippen molar-refractivity contribution in [2.45, 2.75) is 11.3 Å². The molecule has 0 unspecified atom stereocenters. The summed E-state index contributed by atoms with van der Waals surface area (Å²) in [5.74, 6) is -0.340. The molecule has 3 rings (SSSR count). The van der Waals surface area contributed by atoms with E-state index in [4.69, 9.17) is 32.7 Å². The van der Waals surface area contributed by atoms with Gasteiger partial charge in [-0.15, -0.1) is 0 Å². The fourth-order valence-electron chi connectivity index (χ4n) is 3.00. The van der Waals surface area contributed by atoms with Crippen molar-refractivity contribution < 1.29 is 22.7 Å². The Morgan fingerprint density at radius 1 is 1.21 bits per heavy atom. The lowest BCUT2D eigenvalue weighted by molar-refractivity contribution is 0.102. The van der Waals surface area contributed by atoms with Gasteiger partial charge in [0.15, 0.2) is 9.84 Å². The van der Waals surface area contributed by atoms with Crippen LogP contribution >= 0.6 is 36.7 Å². The van der Waals surface area contributed by atoms with Gasteiger partial charge in [-0.2, -0.15) is 13.5 Å². The van der Waals surface area contributed by atoms with Gasteiger partial charge < -0.3 is 14.8 Å². The highest BCUT2D eigenvalue weighted by Gasteiger charge is 2.26. The highest BCUT2D eigenvalue weighted by Crippen LogP contribution is 2.28. The lowest BCUT2D eigenvalue weighted by atomic mass is 10.1. The summed E-state index contributed by atoms with van der Waals surface area (Å²) < 4.78 is 36.0. The maximum Gasteiger partial charge on any atom is 0.259 e. The second kappa shape index (κ2) is 10.0. The van der Waals surface area contributed by atoms with Gasteiger partial charge in [-0.25, -0.2) is 8.42 Å². The number of amides is 1. The van der Waals surface area contributed by atoms with Crippen LogP contribution in [-0.2, 0) is 14.6 Å². The van der Waals surface area contributed by atoms with Crippen molar-refractivity contribution in [2.75, 3.05) is 31.4 Å². The first-order valence-electron chi connectivity index (χ1n) is 8.54. The van der Waals surface area contributed by atoms with E-state index in [0.29, 0.717) is 35.4 Å². The fraction of sp³-hybridized carbons (Fsp3) is 0.316. The standard InChI is InChI=1S/C19H19Cl2NO5S.H2S/c1-26-18-3-2-16(28(24,25)11-12-4-5-27-10-12)9-17(18)19(23)22-15-7-13(20)6-14(21)8-15;/h2-3,6-9,12H,4-5,10-11H2,1H3,(H,22,23);1H2/t12-;/m0./s1. The third-order valence-electron chi connectivity index (χ3n) is 4.37. The molecule has 1 aliphatic rings. The Bertz CT molecular complexity index is 972. The lowest BCUT2D eigenvalue weighted by Gasteiger charge is -2.13. The van der Waals surface area contributed by atoms with Crippen LogP contribution in [-0.4, -0.2) is 40.4 Å². The number of ether oxygens (including phenoxy) is 2. The summed E-state index contributed by atoms with van der Waals surface area (Å²) >= 11 is 11.9. The van der Waals surface area contributed by atoms with E-state index in [-0.39, 0.29) is 41.4 Å². The van der Waals surface area contributed by atoms with Gasteiger partial charge in [-0.1, -0.05) is 23.2 Å². The van der Waals surface area contributed by atoms with Crippen molar-refractivity contribution in [3.8, 4) is 5.75 Å². The van der Waals surface area contributed by atoms with Gasteiger partial charge in [-0.05, 0) is 48.7 Å². The molecule has 0 spiro atoms. The molecule has 1 N–H and O–H groups in total. The number of halogens is 2. The van der Waals surface area contributed by atoms with Gasteiger partial charge >= 0.3 is 0 Å². The minimum Gasteiger partial charge on any atom is -0.496 e. The molecule has 2 aromatic rings. The Labute approximate surface area is 186 Å². The number of carbonyl (C=O) groups is 1. The zero-order valence-electron chi connectivity index (χ0n) is 15.6. The summed E-state index contributed by atoms with van der Waals surface area (Å²) in [4.78, 5) is 12.8. The molecule has 1 saturated heterocycles. The largest absolute Gasteiger partial charge is 0.496 e. The highest BCUT2D eigenvalue weighted by molar-refractivity contribution is 7.91. The summed E-state index contributed by atoms with van der Waals surface area (Å²) in [5, 5.41) is 3.39. The van der Waals surface area contributed by atoms with Gasteiger partial charge in [0.25, 0.3) is 5.91 Å². The van der Waals surface area contributed by atoms with E-state index in [1.54, 1.807) is 18.2 Å². The molecule has 1 aliphatic heterocycles. The third kappa shape index (κ3) is 6.02. The molecule has 0 radical (unpaired) electrons. The normalized spacial score (nSPS) is 16.2. The lowest BCUT2D eigenvalue weighted by Crippen LogP contribution is -2.18. The Balaban J connectivity index is 0.00000300. The first-order chi connectivity index (χ1) is 13.3. The van der Waals surface area contributed by atoms with Crippen LogP contribution in [0.2, 0.25) is 10.0 Å². The predicted molar refractivity (Wildman–Crippen MR) is 119 cm³/mol. The summed E-state index contributed by atoms with van der Waals surface area (Å²) in [6, 6.07) is 8.86. The first kappa shape index (κ1) is 23.8. The summed E-state index contributed by atoms with van der Waals surface area (Å²) in [5.41, 5.74) is 0.489. The summed E-state index contributed by atoms with van der Waals surface area (Å²) in [7, 11) is -2.16. The SMILES string of the molecule is COc1ccc(S(=O)(=O)C[C@H]2CCOC2)cc1C(=O)Nc1cc(Cl)cc(Cl)c1.S. The summed E-state index contributed by atoms with van der Waals surface area (Å²) in [6.07, 6.45) is 0.707. The Kier molecular flexibility index (Phi) is 8.25. The van der Waals surface area contributed by atoms with E-state index in [1.165, 1.54) is 25.3 Å². The van der Waals surface area contributed by atoms with Gasteiger partial charge in [0, 0.05) is 22.3 Å². The van der Waals surface area contributed by atoms with E-state index >= 15 is 0 Å². The molecule has 10 heteroatoms. The molecule has 1 amide bonds. The van der Waals surface area contributed by atoms with Crippen molar-refractivity contribution in [2.24, 2.45) is 5.92 Å². The highest BCUT2D eigenvalue weighted by atomic mass is 35.5. The smallest absolute Gasteiger partial charge is 0.259 e. The number of hydrogen-bond acceptors (Lipinski definition) is 5. The molecule has 0 aromatic heterocycles. The van der Waals surface area contributed by atoms with E-state index in [2.05, 4.69) is 5.32 Å². The minimum atomic E-state index is -3.57. The molecule has 0 bridgehead atoms. The molecule has 29 heavy (non-hydrogen) atoms. The molecule has 0 aliphatic carbocycles. The second-order valence-electron chi connectivity index (χ2n) is 6.49. The second-order valence-corrected chi connectivity index (χ2v) is 9.39. The molecule has 0 saturated carbocycles. The number of nitrogens with one attached hydrogen (secondary N) is 1. The Morgan fingerprint density at radius 2 is 1.90 bits per heavy atom. The average molecular weight is 478 g/mol. The number of hydrogen-bond donors (Lipinski definition) is 1. The molecule has 1 fully saturated rings. The zero-order chi connectivity index (χ0) is 20.3. The Morgan fingerprint density at radius 3 is 2.48 bits per heavy atom. The van der Waals surface area contributed by atoms with Gasteiger partial charge in [0.2, 0.25) is 0 Å². The van der Waals surface area contributed by atoms with Crippen LogP contribution in [0.3, 0.4) is 0 Å². The Hall–Kier alpha value is -1.45. The van der Waals surface area contributed by atoms with Crippen molar-refractivity contribution in [3.63, 3.8) is 0 Å². The molecule has 158 valence electrons. The molecule has 2 aromatic carbocycles. The monoisotopic (exact) mass is 477 g/mol.